The van der Waals surface area contributed by atoms with Crippen molar-refractivity contribution < 1.29 is 27.9 Å². The first-order valence-corrected chi connectivity index (χ1v) is 15.8. The zero-order chi connectivity index (χ0) is 30.2. The van der Waals surface area contributed by atoms with Crippen LogP contribution in [0.25, 0.3) is 11.4 Å². The molecule has 43 heavy (non-hydrogen) atoms. The fraction of sp³-hybridized carbons (Fsp3) is 0.448. The van der Waals surface area contributed by atoms with Gasteiger partial charge in [0.25, 0.3) is 0 Å². The lowest BCUT2D eigenvalue weighted by atomic mass is 9.84. The maximum Gasteiger partial charge on any atom is 0.317 e. The number of carbonyl (C=O) groups excluding carboxylic acids is 2. The number of urea groups is 1. The van der Waals surface area contributed by atoms with Gasteiger partial charge in [-0.2, -0.15) is 9.40 Å². The molecule has 3 aliphatic rings. The summed E-state index contributed by atoms with van der Waals surface area (Å²) in [5.74, 6) is 0.225. The Morgan fingerprint density at radius 3 is 2.65 bits per heavy atom. The van der Waals surface area contributed by atoms with Crippen molar-refractivity contribution in [2.75, 3.05) is 26.2 Å². The molecule has 1 spiro atoms. The topological polar surface area (TPSA) is 159 Å². The van der Waals surface area contributed by atoms with Gasteiger partial charge >= 0.3 is 6.03 Å². The van der Waals surface area contributed by atoms with Crippen molar-refractivity contribution in [2.24, 2.45) is 7.05 Å². The number of carbonyl (C=O) groups is 2. The highest BCUT2D eigenvalue weighted by Gasteiger charge is 2.47. The maximum atomic E-state index is 13.9. The minimum Gasteiger partial charge on any atom is -0.492 e. The van der Waals surface area contributed by atoms with Crippen LogP contribution in [0, 0.1) is 0 Å². The molecule has 2 aromatic carbocycles. The number of fused-ring (bicyclic) bond motifs is 2. The van der Waals surface area contributed by atoms with Crippen molar-refractivity contribution in [3.63, 3.8) is 0 Å². The second-order valence-electron chi connectivity index (χ2n) is 11.3. The molecule has 2 atom stereocenters. The van der Waals surface area contributed by atoms with Gasteiger partial charge in [-0.25, -0.2) is 22.9 Å². The van der Waals surface area contributed by atoms with E-state index < -0.39 is 33.6 Å². The summed E-state index contributed by atoms with van der Waals surface area (Å²) >= 11 is 0. The van der Waals surface area contributed by atoms with Crippen molar-refractivity contribution >= 4 is 22.0 Å². The lowest BCUT2D eigenvalue weighted by Crippen LogP contribution is -2.60. The number of hydrogen-bond donors (Lipinski definition) is 3. The Morgan fingerprint density at radius 1 is 1.16 bits per heavy atom. The molecule has 3 aliphatic heterocycles. The average molecular weight is 610 g/mol. The van der Waals surface area contributed by atoms with Crippen molar-refractivity contribution in [1.82, 2.24) is 34.6 Å². The predicted octanol–water partition coefficient (Wildman–Crippen LogP) is 1.25. The highest BCUT2D eigenvalue weighted by atomic mass is 32.2. The van der Waals surface area contributed by atoms with E-state index in [0.717, 1.165) is 9.87 Å². The van der Waals surface area contributed by atoms with E-state index in [1.807, 2.05) is 30.3 Å². The number of benzene rings is 2. The third-order valence-electron chi connectivity index (χ3n) is 8.56. The molecular weight excluding hydrogens is 574 g/mol. The van der Waals surface area contributed by atoms with Gasteiger partial charge in [0, 0.05) is 57.2 Å². The Labute approximate surface area is 249 Å². The maximum absolute atomic E-state index is 13.9. The van der Waals surface area contributed by atoms with Crippen molar-refractivity contribution in [3.05, 3.63) is 60.4 Å². The zero-order valence-electron chi connectivity index (χ0n) is 23.8. The molecule has 1 aromatic heterocycles. The second-order valence-corrected chi connectivity index (χ2v) is 13.2. The van der Waals surface area contributed by atoms with Crippen LogP contribution < -0.4 is 15.4 Å². The van der Waals surface area contributed by atoms with Crippen LogP contribution in [0.3, 0.4) is 0 Å². The number of hydrogen-bond acceptors (Lipinski definition) is 8. The first-order chi connectivity index (χ1) is 20.6. The van der Waals surface area contributed by atoms with Crippen LogP contribution in [-0.2, 0) is 28.4 Å². The monoisotopic (exact) mass is 609 g/mol. The molecule has 228 valence electrons. The fourth-order valence-corrected chi connectivity index (χ4v) is 7.86. The highest BCUT2D eigenvalue weighted by molar-refractivity contribution is 7.89. The molecule has 3 amide bonds. The third-order valence-corrected chi connectivity index (χ3v) is 10.5. The van der Waals surface area contributed by atoms with Gasteiger partial charge in [-0.3, -0.25) is 4.79 Å². The third kappa shape index (κ3) is 5.82. The molecule has 3 N–H and O–H groups in total. The number of likely N-dealkylation sites (tertiary alicyclic amines) is 1. The normalized spacial score (nSPS) is 23.4. The number of rotatable bonds is 3. The van der Waals surface area contributed by atoms with Crippen LogP contribution in [0.15, 0.2) is 59.8 Å². The van der Waals surface area contributed by atoms with E-state index in [9.17, 15) is 23.1 Å². The minimum absolute atomic E-state index is 0.0115. The Balaban J connectivity index is 1.25. The number of sulfonamides is 1. The average Bonchev–Trinajstić information content (AvgIpc) is 3.62. The molecule has 3 aromatic rings. The molecular formula is C29H35N7O6S. The van der Waals surface area contributed by atoms with Gasteiger partial charge in [0.05, 0.1) is 12.7 Å². The molecule has 6 rings (SSSR count). The highest BCUT2D eigenvalue weighted by Crippen LogP contribution is 2.37. The standard InChI is InChI=1S/C29H35N7O6S/c1-34-26(31-19-32-34)21-7-8-25-24(15-21)42-14-11-29(33-27(38)23-16-22(37)18-36(23)43(25,40)41)9-12-35(13-10-29)28(39)30-17-20-5-3-2-4-6-20/h2-8,15,19,22-23,37H,9-14,16-18H2,1H3,(H,30,39)(H,33,38)/t22-,23+/m1/s1. The number of nitrogens with zero attached hydrogens (tertiary/aromatic N) is 5. The molecule has 4 heterocycles. The second kappa shape index (κ2) is 11.6. The SMILES string of the molecule is Cn1ncnc1-c1ccc2c(c1)OCCC1(CCN(C(=O)NCc3ccccc3)CC1)NC(=O)[C@@H]1C[C@@H](O)CN1S2(=O)=O. The van der Waals surface area contributed by atoms with Gasteiger partial charge in [0.2, 0.25) is 15.9 Å². The summed E-state index contributed by atoms with van der Waals surface area (Å²) in [6.07, 6.45) is 1.75. The van der Waals surface area contributed by atoms with E-state index >= 15 is 0 Å². The molecule has 0 radical (unpaired) electrons. The summed E-state index contributed by atoms with van der Waals surface area (Å²) in [6, 6.07) is 13.1. The fourth-order valence-electron chi connectivity index (χ4n) is 6.11. The van der Waals surface area contributed by atoms with Gasteiger partial charge < -0.3 is 25.4 Å². The molecule has 0 unspecified atom stereocenters. The van der Waals surface area contributed by atoms with Gasteiger partial charge in [-0.1, -0.05) is 30.3 Å². The molecule has 13 nitrogen and oxygen atoms in total. The number of aryl methyl sites for hydroxylation is 1. The van der Waals surface area contributed by atoms with E-state index in [0.29, 0.717) is 50.3 Å². The van der Waals surface area contributed by atoms with Crippen LogP contribution in [0.1, 0.15) is 31.2 Å². The van der Waals surface area contributed by atoms with Gasteiger partial charge in [-0.15, -0.1) is 0 Å². The van der Waals surface area contributed by atoms with Crippen LogP contribution in [0.2, 0.25) is 0 Å². The van der Waals surface area contributed by atoms with Crippen molar-refractivity contribution in [3.8, 4) is 17.1 Å². The Kier molecular flexibility index (Phi) is 7.83. The predicted molar refractivity (Wildman–Crippen MR) is 155 cm³/mol. The van der Waals surface area contributed by atoms with Crippen molar-refractivity contribution in [2.45, 2.75) is 54.8 Å². The van der Waals surface area contributed by atoms with Crippen molar-refractivity contribution in [1.29, 1.82) is 0 Å². The first kappa shape index (κ1) is 29.1. The smallest absolute Gasteiger partial charge is 0.317 e. The van der Waals surface area contributed by atoms with Crippen LogP contribution in [0.4, 0.5) is 4.79 Å². The first-order valence-electron chi connectivity index (χ1n) is 14.4. The number of amides is 3. The number of ether oxygens (including phenoxy) is 1. The Morgan fingerprint density at radius 2 is 1.93 bits per heavy atom. The van der Waals surface area contributed by atoms with Crippen LogP contribution >= 0.6 is 0 Å². The van der Waals surface area contributed by atoms with E-state index in [4.69, 9.17) is 4.74 Å². The summed E-state index contributed by atoms with van der Waals surface area (Å²) in [7, 11) is -2.47. The van der Waals surface area contributed by atoms with Crippen LogP contribution in [0.5, 0.6) is 5.75 Å². The number of aliphatic hydroxyl groups excluding tert-OH is 1. The lowest BCUT2D eigenvalue weighted by Gasteiger charge is -2.43. The van der Waals surface area contributed by atoms with E-state index in [1.54, 1.807) is 28.8 Å². The summed E-state index contributed by atoms with van der Waals surface area (Å²) < 4.78 is 36.6. The molecule has 0 saturated carbocycles. The molecule has 2 fully saturated rings. The number of aliphatic hydroxyl groups is 1. The number of piperidine rings is 1. The minimum atomic E-state index is -4.20. The summed E-state index contributed by atoms with van der Waals surface area (Å²) in [5.41, 5.74) is 0.903. The lowest BCUT2D eigenvalue weighted by molar-refractivity contribution is -0.127. The largest absolute Gasteiger partial charge is 0.492 e. The summed E-state index contributed by atoms with van der Waals surface area (Å²) in [6.45, 7) is 1.16. The summed E-state index contributed by atoms with van der Waals surface area (Å²) in [4.78, 5) is 32.5. The zero-order valence-corrected chi connectivity index (χ0v) is 24.7. The Bertz CT molecular complexity index is 1600. The molecule has 0 aliphatic carbocycles. The van der Waals surface area contributed by atoms with Gasteiger partial charge in [-0.05, 0) is 36.6 Å². The van der Waals surface area contributed by atoms with E-state index in [2.05, 4.69) is 20.7 Å². The summed E-state index contributed by atoms with van der Waals surface area (Å²) in [5, 5.41) is 20.7. The molecule has 14 heteroatoms. The van der Waals surface area contributed by atoms with Gasteiger partial charge in [0.15, 0.2) is 5.82 Å². The quantitative estimate of drug-likeness (QED) is 0.400. The van der Waals surface area contributed by atoms with E-state index in [1.165, 1.54) is 12.4 Å². The Hall–Kier alpha value is -4.01. The molecule has 0 bridgehead atoms. The number of nitrogens with one attached hydrogen (secondary N) is 2. The number of aromatic nitrogens is 3. The van der Waals surface area contributed by atoms with E-state index in [-0.39, 0.29) is 36.2 Å². The molecule has 2 saturated heterocycles. The van der Waals surface area contributed by atoms with Crippen LogP contribution in [-0.4, -0.2) is 93.4 Å². The van der Waals surface area contributed by atoms with Gasteiger partial charge in [0.1, 0.15) is 23.0 Å².